The van der Waals surface area contributed by atoms with E-state index in [2.05, 4.69) is 29.2 Å². The Labute approximate surface area is 80.2 Å². The van der Waals surface area contributed by atoms with E-state index in [1.165, 1.54) is 25.7 Å². The minimum absolute atomic E-state index is 0.459. The summed E-state index contributed by atoms with van der Waals surface area (Å²) in [6.07, 6.45) is 9.27. The highest BCUT2D eigenvalue weighted by molar-refractivity contribution is 4.94. The van der Waals surface area contributed by atoms with Crippen LogP contribution >= 0.6 is 0 Å². The molecule has 13 heavy (non-hydrogen) atoms. The van der Waals surface area contributed by atoms with Gasteiger partial charge in [-0.25, -0.2) is 0 Å². The molecule has 1 aliphatic heterocycles. The minimum atomic E-state index is 0.459. The van der Waals surface area contributed by atoms with Gasteiger partial charge in [-0.1, -0.05) is 0 Å². The first kappa shape index (κ1) is 8.88. The first-order valence-electron chi connectivity index (χ1n) is 5.15. The van der Waals surface area contributed by atoms with Crippen molar-refractivity contribution in [1.82, 2.24) is 9.80 Å². The molecule has 3 heteroatoms. The van der Waals surface area contributed by atoms with E-state index >= 15 is 0 Å². The number of hydrogen-bond donors (Lipinski definition) is 1. The van der Waals surface area contributed by atoms with E-state index in [0.717, 1.165) is 12.7 Å². The van der Waals surface area contributed by atoms with E-state index in [-0.39, 0.29) is 0 Å². The quantitative estimate of drug-likeness (QED) is 0.653. The number of nitrogens with zero attached hydrogens (tertiary/aromatic N) is 2. The van der Waals surface area contributed by atoms with Gasteiger partial charge >= 0.3 is 0 Å². The molecule has 0 amide bonds. The first-order valence-corrected chi connectivity index (χ1v) is 5.15. The van der Waals surface area contributed by atoms with Gasteiger partial charge in [0.05, 0.1) is 6.67 Å². The van der Waals surface area contributed by atoms with E-state index in [1.54, 1.807) is 0 Å². The lowest BCUT2D eigenvalue weighted by atomic mass is 9.91. The number of nitrogens with two attached hydrogens (primary N) is 1. The maximum atomic E-state index is 5.88. The molecule has 0 aromatic heterocycles. The van der Waals surface area contributed by atoms with Gasteiger partial charge < -0.3 is 15.5 Å². The van der Waals surface area contributed by atoms with Crippen LogP contribution in [-0.2, 0) is 0 Å². The monoisotopic (exact) mass is 181 g/mol. The Morgan fingerprint density at radius 1 is 1.15 bits per heavy atom. The zero-order valence-electron chi connectivity index (χ0n) is 8.32. The molecule has 0 unspecified atom stereocenters. The van der Waals surface area contributed by atoms with Crippen LogP contribution in [0.4, 0.5) is 0 Å². The molecule has 0 aromatic rings. The molecule has 0 aromatic carbocycles. The fraction of sp³-hybridized carbons (Fsp3) is 0.800. The van der Waals surface area contributed by atoms with Crippen LogP contribution in [0, 0.1) is 0 Å². The Bertz CT molecular complexity index is 194. The normalized spacial score (nSPS) is 34.3. The van der Waals surface area contributed by atoms with E-state index in [4.69, 9.17) is 5.73 Å². The molecular formula is C10H19N3. The molecular weight excluding hydrogens is 162 g/mol. The van der Waals surface area contributed by atoms with Gasteiger partial charge in [0, 0.05) is 31.5 Å². The zero-order chi connectivity index (χ0) is 9.26. The summed E-state index contributed by atoms with van der Waals surface area (Å²) < 4.78 is 0. The molecule has 2 N–H and O–H groups in total. The molecule has 0 saturated heterocycles. The molecule has 2 aliphatic rings. The van der Waals surface area contributed by atoms with Crippen molar-refractivity contribution in [3.05, 3.63) is 12.4 Å². The first-order chi connectivity index (χ1) is 6.25. The third kappa shape index (κ3) is 1.97. The molecule has 3 nitrogen and oxygen atoms in total. The molecule has 1 heterocycles. The summed E-state index contributed by atoms with van der Waals surface area (Å²) in [5, 5.41) is 0. The molecule has 1 fully saturated rings. The fourth-order valence-corrected chi connectivity index (χ4v) is 2.22. The Morgan fingerprint density at radius 3 is 2.38 bits per heavy atom. The van der Waals surface area contributed by atoms with E-state index in [1.807, 2.05) is 0 Å². The highest BCUT2D eigenvalue weighted by Gasteiger charge is 2.24. The summed E-state index contributed by atoms with van der Waals surface area (Å²) in [5.41, 5.74) is 5.88. The van der Waals surface area contributed by atoms with Crippen molar-refractivity contribution in [3.8, 4) is 0 Å². The highest BCUT2D eigenvalue weighted by Crippen LogP contribution is 2.24. The fourth-order valence-electron chi connectivity index (χ4n) is 2.22. The summed E-state index contributed by atoms with van der Waals surface area (Å²) in [7, 11) is 2.12. The van der Waals surface area contributed by atoms with Crippen molar-refractivity contribution in [2.24, 2.45) is 5.73 Å². The van der Waals surface area contributed by atoms with Gasteiger partial charge in [0.25, 0.3) is 0 Å². The van der Waals surface area contributed by atoms with Crippen LogP contribution in [0.5, 0.6) is 0 Å². The third-order valence-electron chi connectivity index (χ3n) is 3.11. The molecule has 0 atom stereocenters. The largest absolute Gasteiger partial charge is 0.362 e. The third-order valence-corrected chi connectivity index (χ3v) is 3.11. The van der Waals surface area contributed by atoms with Crippen molar-refractivity contribution in [2.75, 3.05) is 13.7 Å². The smallest absolute Gasteiger partial charge is 0.0893 e. The van der Waals surface area contributed by atoms with E-state index < -0.39 is 0 Å². The molecule has 1 aliphatic carbocycles. The predicted octanol–water partition coefficient (Wildman–Crippen LogP) is 0.932. The van der Waals surface area contributed by atoms with Crippen molar-refractivity contribution in [1.29, 1.82) is 0 Å². The van der Waals surface area contributed by atoms with Crippen LogP contribution in [-0.4, -0.2) is 35.6 Å². The molecule has 0 radical (unpaired) electrons. The van der Waals surface area contributed by atoms with Crippen LogP contribution in [0.1, 0.15) is 25.7 Å². The second kappa shape index (κ2) is 3.58. The number of rotatable bonds is 1. The number of hydrogen-bond acceptors (Lipinski definition) is 3. The summed E-state index contributed by atoms with van der Waals surface area (Å²) in [4.78, 5) is 4.65. The second-order valence-corrected chi connectivity index (χ2v) is 4.28. The molecule has 0 spiro atoms. The second-order valence-electron chi connectivity index (χ2n) is 4.28. The zero-order valence-corrected chi connectivity index (χ0v) is 8.32. The van der Waals surface area contributed by atoms with Gasteiger partial charge in [-0.3, -0.25) is 0 Å². The van der Waals surface area contributed by atoms with Gasteiger partial charge in [0.15, 0.2) is 0 Å². The minimum Gasteiger partial charge on any atom is -0.362 e. The van der Waals surface area contributed by atoms with Crippen LogP contribution in [0.3, 0.4) is 0 Å². The van der Waals surface area contributed by atoms with Gasteiger partial charge in [-0.15, -0.1) is 0 Å². The molecule has 1 saturated carbocycles. The Balaban J connectivity index is 1.85. The summed E-state index contributed by atoms with van der Waals surface area (Å²) in [5.74, 6) is 0. The van der Waals surface area contributed by atoms with Crippen LogP contribution in [0.15, 0.2) is 12.4 Å². The maximum Gasteiger partial charge on any atom is 0.0893 e. The average Bonchev–Trinajstić information content (AvgIpc) is 2.53. The molecule has 74 valence electrons. The van der Waals surface area contributed by atoms with E-state index in [0.29, 0.717) is 6.04 Å². The maximum absolute atomic E-state index is 5.88. The van der Waals surface area contributed by atoms with Gasteiger partial charge in [-0.05, 0) is 25.7 Å². The summed E-state index contributed by atoms with van der Waals surface area (Å²) in [6, 6.07) is 1.20. The molecule has 0 bridgehead atoms. The standard InChI is InChI=1S/C10H19N3/c1-12-6-7-13(8-12)10-4-2-9(11)3-5-10/h6-7,9-10H,2-5,8,11H2,1H3/t9-,10-. The van der Waals surface area contributed by atoms with Crippen molar-refractivity contribution >= 4 is 0 Å². The van der Waals surface area contributed by atoms with Crippen LogP contribution in [0.2, 0.25) is 0 Å². The Morgan fingerprint density at radius 2 is 1.85 bits per heavy atom. The van der Waals surface area contributed by atoms with Crippen molar-refractivity contribution in [3.63, 3.8) is 0 Å². The van der Waals surface area contributed by atoms with Crippen LogP contribution in [0.25, 0.3) is 0 Å². The van der Waals surface area contributed by atoms with Gasteiger partial charge in [0.2, 0.25) is 0 Å². The lowest BCUT2D eigenvalue weighted by molar-refractivity contribution is 0.181. The topological polar surface area (TPSA) is 32.5 Å². The van der Waals surface area contributed by atoms with Crippen molar-refractivity contribution < 1.29 is 0 Å². The highest BCUT2D eigenvalue weighted by atomic mass is 15.3. The summed E-state index contributed by atoms with van der Waals surface area (Å²) in [6.45, 7) is 1.06. The van der Waals surface area contributed by atoms with Crippen LogP contribution < -0.4 is 5.73 Å². The SMILES string of the molecule is CN1C=CN([C@H]2CC[C@H](N)CC2)C1. The Kier molecular flexibility index (Phi) is 2.44. The predicted molar refractivity (Wildman–Crippen MR) is 53.8 cm³/mol. The lowest BCUT2D eigenvalue weighted by Crippen LogP contribution is -2.38. The lowest BCUT2D eigenvalue weighted by Gasteiger charge is -2.33. The Hall–Kier alpha value is -0.700. The van der Waals surface area contributed by atoms with Crippen molar-refractivity contribution in [2.45, 2.75) is 37.8 Å². The molecule has 2 rings (SSSR count). The average molecular weight is 181 g/mol. The van der Waals surface area contributed by atoms with Gasteiger partial charge in [-0.2, -0.15) is 0 Å². The van der Waals surface area contributed by atoms with Gasteiger partial charge in [0.1, 0.15) is 0 Å². The summed E-state index contributed by atoms with van der Waals surface area (Å²) >= 11 is 0. The van der Waals surface area contributed by atoms with E-state index in [9.17, 15) is 0 Å².